The minimum atomic E-state index is -1.03. The Morgan fingerprint density at radius 1 is 1.12 bits per heavy atom. The van der Waals surface area contributed by atoms with E-state index in [1.165, 1.54) is 10.9 Å². The summed E-state index contributed by atoms with van der Waals surface area (Å²) in [5.41, 5.74) is 0.635. The fourth-order valence-corrected chi connectivity index (χ4v) is 3.02. The Labute approximate surface area is 136 Å². The Bertz CT molecular complexity index is 993. The van der Waals surface area contributed by atoms with Crippen molar-refractivity contribution in [2.24, 2.45) is 5.92 Å². The van der Waals surface area contributed by atoms with Gasteiger partial charge in [-0.15, -0.1) is 0 Å². The monoisotopic (exact) mass is 320 g/mol. The molecule has 1 aromatic carbocycles. The van der Waals surface area contributed by atoms with Crippen molar-refractivity contribution in [3.05, 3.63) is 70.4 Å². The van der Waals surface area contributed by atoms with Crippen molar-refractivity contribution in [3.63, 3.8) is 0 Å². The normalized spacial score (nSPS) is 19.4. The van der Waals surface area contributed by atoms with Gasteiger partial charge in [0.25, 0.3) is 5.56 Å². The second kappa shape index (κ2) is 5.28. The molecule has 1 aliphatic heterocycles. The van der Waals surface area contributed by atoms with E-state index >= 15 is 0 Å². The van der Waals surface area contributed by atoms with Crippen LogP contribution in [-0.2, 0) is 4.79 Å². The maximum Gasteiger partial charge on any atom is 0.277 e. The summed E-state index contributed by atoms with van der Waals surface area (Å²) in [4.78, 5) is 25.2. The van der Waals surface area contributed by atoms with Crippen molar-refractivity contribution < 1.29 is 9.21 Å². The lowest BCUT2D eigenvalue weighted by Gasteiger charge is -2.23. The van der Waals surface area contributed by atoms with Crippen LogP contribution >= 0.6 is 0 Å². The van der Waals surface area contributed by atoms with Gasteiger partial charge in [0.1, 0.15) is 17.5 Å². The van der Waals surface area contributed by atoms with Crippen LogP contribution in [0.2, 0.25) is 0 Å². The Balaban J connectivity index is 1.95. The minimum Gasteiger partial charge on any atom is -0.469 e. The van der Waals surface area contributed by atoms with E-state index in [-0.39, 0.29) is 5.56 Å². The second-order valence-electron chi connectivity index (χ2n) is 5.47. The molecule has 0 saturated heterocycles. The molecule has 0 unspecified atom stereocenters. The molecule has 0 aliphatic carbocycles. The maximum absolute atomic E-state index is 12.9. The third-order valence-corrected chi connectivity index (χ3v) is 4.10. The molecule has 0 saturated carbocycles. The Morgan fingerprint density at radius 3 is 2.58 bits per heavy atom. The molecule has 1 aliphatic rings. The van der Waals surface area contributed by atoms with Crippen molar-refractivity contribution in [3.8, 4) is 11.8 Å². The standard InChI is InChI=1S/C17H12N4O3/c18-9-11-13(12-7-4-8-24-12)14-15(19-16(11)22)20-21(17(14)23)10-5-2-1-3-6-10/h1-8,11,13,20H,(H,19,22)/t11-,13+/m1/s1. The quantitative estimate of drug-likeness (QED) is 0.753. The number of hydrogen-bond donors (Lipinski definition) is 2. The number of nitrogens with one attached hydrogen (secondary N) is 2. The molecule has 1 amide bonds. The highest BCUT2D eigenvalue weighted by Crippen LogP contribution is 2.38. The Morgan fingerprint density at radius 2 is 1.92 bits per heavy atom. The number of H-pyrrole nitrogens is 1. The minimum absolute atomic E-state index is 0.293. The molecule has 0 fully saturated rings. The number of carbonyl (C=O) groups is 1. The molecule has 7 nitrogen and oxygen atoms in total. The predicted octanol–water partition coefficient (Wildman–Crippen LogP) is 1.98. The van der Waals surface area contributed by atoms with E-state index < -0.39 is 17.7 Å². The topological polar surface area (TPSA) is 104 Å². The van der Waals surface area contributed by atoms with Gasteiger partial charge in [0.15, 0.2) is 0 Å². The molecule has 7 heteroatoms. The average Bonchev–Trinajstić information content (AvgIpc) is 3.23. The maximum atomic E-state index is 12.9. The Hall–Kier alpha value is -3.53. The average molecular weight is 320 g/mol. The molecule has 2 aromatic heterocycles. The molecule has 2 atom stereocenters. The fourth-order valence-electron chi connectivity index (χ4n) is 3.02. The van der Waals surface area contributed by atoms with Crippen molar-refractivity contribution in [2.75, 3.05) is 5.32 Å². The molecule has 4 rings (SSSR count). The van der Waals surface area contributed by atoms with Crippen LogP contribution < -0.4 is 10.9 Å². The summed E-state index contributed by atoms with van der Waals surface area (Å²) in [7, 11) is 0. The number of furan rings is 1. The number of anilines is 1. The van der Waals surface area contributed by atoms with Crippen LogP contribution in [-0.4, -0.2) is 15.7 Å². The number of para-hydroxylation sites is 1. The van der Waals surface area contributed by atoms with E-state index in [9.17, 15) is 14.9 Å². The number of aromatic amines is 1. The van der Waals surface area contributed by atoms with Gasteiger partial charge in [-0.25, -0.2) is 4.68 Å². The van der Waals surface area contributed by atoms with Gasteiger partial charge in [-0.05, 0) is 24.3 Å². The lowest BCUT2D eigenvalue weighted by molar-refractivity contribution is -0.119. The molecule has 3 aromatic rings. The third kappa shape index (κ3) is 1.97. The van der Waals surface area contributed by atoms with Crippen LogP contribution in [0.3, 0.4) is 0 Å². The zero-order chi connectivity index (χ0) is 16.7. The van der Waals surface area contributed by atoms with E-state index in [0.29, 0.717) is 22.8 Å². The molecule has 118 valence electrons. The van der Waals surface area contributed by atoms with Gasteiger partial charge in [0.2, 0.25) is 5.91 Å². The molecule has 0 spiro atoms. The summed E-state index contributed by atoms with van der Waals surface area (Å²) >= 11 is 0. The van der Waals surface area contributed by atoms with Gasteiger partial charge in [0.05, 0.1) is 29.5 Å². The number of benzene rings is 1. The summed E-state index contributed by atoms with van der Waals surface area (Å²) in [6, 6.07) is 14.3. The van der Waals surface area contributed by atoms with Crippen LogP contribution in [0.1, 0.15) is 17.2 Å². The van der Waals surface area contributed by atoms with Crippen molar-refractivity contribution in [1.82, 2.24) is 9.78 Å². The van der Waals surface area contributed by atoms with Crippen molar-refractivity contribution >= 4 is 11.7 Å². The number of fused-ring (bicyclic) bond motifs is 1. The predicted molar refractivity (Wildman–Crippen MR) is 84.7 cm³/mol. The van der Waals surface area contributed by atoms with Crippen molar-refractivity contribution in [1.29, 1.82) is 5.26 Å². The van der Waals surface area contributed by atoms with E-state index in [1.807, 2.05) is 24.3 Å². The van der Waals surface area contributed by atoms with E-state index in [4.69, 9.17) is 4.42 Å². The highest BCUT2D eigenvalue weighted by atomic mass is 16.3. The molecule has 0 radical (unpaired) electrons. The third-order valence-electron chi connectivity index (χ3n) is 4.10. The van der Waals surface area contributed by atoms with Gasteiger partial charge in [-0.2, -0.15) is 5.26 Å². The fraction of sp³-hybridized carbons (Fsp3) is 0.118. The van der Waals surface area contributed by atoms with Crippen LogP contribution in [0.15, 0.2) is 57.9 Å². The SMILES string of the molecule is N#C[C@H]1C(=O)Nc2[nH]n(-c3ccccc3)c(=O)c2[C@@H]1c1ccco1. The van der Waals surface area contributed by atoms with Crippen molar-refractivity contribution in [2.45, 2.75) is 5.92 Å². The summed E-state index contributed by atoms with van der Waals surface area (Å²) in [6.45, 7) is 0. The largest absolute Gasteiger partial charge is 0.469 e. The van der Waals surface area contributed by atoms with Gasteiger partial charge >= 0.3 is 0 Å². The second-order valence-corrected chi connectivity index (χ2v) is 5.47. The molecule has 3 heterocycles. The molecular weight excluding hydrogens is 308 g/mol. The number of nitriles is 1. The van der Waals surface area contributed by atoms with E-state index in [0.717, 1.165) is 0 Å². The van der Waals surface area contributed by atoms with Crippen LogP contribution in [0.4, 0.5) is 5.82 Å². The van der Waals surface area contributed by atoms with Gasteiger partial charge in [-0.3, -0.25) is 14.7 Å². The first kappa shape index (κ1) is 14.1. The first-order valence-electron chi connectivity index (χ1n) is 7.35. The summed E-state index contributed by atoms with van der Waals surface area (Å²) in [5.74, 6) is -1.54. The molecule has 2 N–H and O–H groups in total. The summed E-state index contributed by atoms with van der Waals surface area (Å²) < 4.78 is 6.73. The molecule has 24 heavy (non-hydrogen) atoms. The van der Waals surface area contributed by atoms with Crippen LogP contribution in [0, 0.1) is 17.2 Å². The zero-order valence-electron chi connectivity index (χ0n) is 12.4. The van der Waals surface area contributed by atoms with Crippen LogP contribution in [0.5, 0.6) is 0 Å². The highest BCUT2D eigenvalue weighted by Gasteiger charge is 2.42. The number of rotatable bonds is 2. The highest BCUT2D eigenvalue weighted by molar-refractivity contribution is 5.97. The van der Waals surface area contributed by atoms with Gasteiger partial charge < -0.3 is 9.73 Å². The first-order chi connectivity index (χ1) is 11.7. The number of hydrogen-bond acceptors (Lipinski definition) is 4. The van der Waals surface area contributed by atoms with Gasteiger partial charge in [-0.1, -0.05) is 18.2 Å². The first-order valence-corrected chi connectivity index (χ1v) is 7.35. The van der Waals surface area contributed by atoms with E-state index in [1.54, 1.807) is 24.3 Å². The molecule has 0 bridgehead atoms. The smallest absolute Gasteiger partial charge is 0.277 e. The Kier molecular flexibility index (Phi) is 3.10. The number of nitrogens with zero attached hydrogens (tertiary/aromatic N) is 2. The molecular formula is C17H12N4O3. The summed E-state index contributed by atoms with van der Waals surface area (Å²) in [5, 5.41) is 14.9. The number of aromatic nitrogens is 2. The van der Waals surface area contributed by atoms with Gasteiger partial charge in [0, 0.05) is 0 Å². The lowest BCUT2D eigenvalue weighted by atomic mass is 9.83. The summed E-state index contributed by atoms with van der Waals surface area (Å²) in [6.07, 6.45) is 1.46. The number of carbonyl (C=O) groups excluding carboxylic acids is 1. The number of amides is 1. The van der Waals surface area contributed by atoms with E-state index in [2.05, 4.69) is 10.4 Å². The lowest BCUT2D eigenvalue weighted by Crippen LogP contribution is -2.35. The van der Waals surface area contributed by atoms with Crippen LogP contribution in [0.25, 0.3) is 5.69 Å². The zero-order valence-corrected chi connectivity index (χ0v) is 12.4.